The van der Waals surface area contributed by atoms with Crippen LogP contribution in [-0.2, 0) is 16.1 Å². The maximum absolute atomic E-state index is 12.1. The number of carbonyl (C=O) groups is 2. The second-order valence-corrected chi connectivity index (χ2v) is 6.49. The molecule has 0 bridgehead atoms. The third-order valence-electron chi connectivity index (χ3n) is 4.43. The molecule has 6 nitrogen and oxygen atoms in total. The molecule has 0 radical (unpaired) electrons. The first-order valence-electron chi connectivity index (χ1n) is 9.33. The van der Waals surface area contributed by atoms with E-state index >= 15 is 0 Å². The van der Waals surface area contributed by atoms with Crippen LogP contribution in [0.3, 0.4) is 0 Å². The molecule has 0 heterocycles. The molecule has 2 amide bonds. The third kappa shape index (κ3) is 6.95. The lowest BCUT2D eigenvalue weighted by molar-refractivity contribution is -0.130. The van der Waals surface area contributed by atoms with Gasteiger partial charge in [0.05, 0.1) is 13.7 Å². The van der Waals surface area contributed by atoms with Crippen molar-refractivity contribution in [2.75, 3.05) is 26.8 Å². The molecule has 150 valence electrons. The van der Waals surface area contributed by atoms with Crippen molar-refractivity contribution in [3.05, 3.63) is 59.7 Å². The van der Waals surface area contributed by atoms with E-state index in [-0.39, 0.29) is 18.2 Å². The summed E-state index contributed by atoms with van der Waals surface area (Å²) in [6.07, 6.45) is 0.258. The Balaban J connectivity index is 1.70. The molecule has 0 fully saturated rings. The van der Waals surface area contributed by atoms with Gasteiger partial charge in [0, 0.05) is 26.4 Å². The lowest BCUT2D eigenvalue weighted by atomic mass is 10.1. The fraction of sp³-hybridized carbons (Fsp3) is 0.364. The molecule has 0 saturated heterocycles. The monoisotopic (exact) mass is 384 g/mol. The van der Waals surface area contributed by atoms with Gasteiger partial charge in [-0.1, -0.05) is 24.3 Å². The van der Waals surface area contributed by atoms with Gasteiger partial charge in [-0.2, -0.15) is 0 Å². The summed E-state index contributed by atoms with van der Waals surface area (Å²) in [7, 11) is 1.61. The zero-order valence-electron chi connectivity index (χ0n) is 16.7. The van der Waals surface area contributed by atoms with Crippen LogP contribution in [0.1, 0.15) is 24.5 Å². The first kappa shape index (κ1) is 21.3. The molecule has 28 heavy (non-hydrogen) atoms. The van der Waals surface area contributed by atoms with Gasteiger partial charge in [-0.15, -0.1) is 0 Å². The second-order valence-electron chi connectivity index (χ2n) is 6.49. The van der Waals surface area contributed by atoms with Crippen LogP contribution < -0.4 is 14.8 Å². The lowest BCUT2D eigenvalue weighted by Crippen LogP contribution is -2.34. The summed E-state index contributed by atoms with van der Waals surface area (Å²) in [5, 5.41) is 2.82. The SMILES string of the molecule is COc1ccc(OCCNC(=O)CCN(Cc2ccccc2C)C(C)=O)cc1. The highest BCUT2D eigenvalue weighted by Crippen LogP contribution is 2.16. The molecule has 1 N–H and O–H groups in total. The van der Waals surface area contributed by atoms with E-state index in [0.717, 1.165) is 22.6 Å². The van der Waals surface area contributed by atoms with Crippen molar-refractivity contribution in [2.45, 2.75) is 26.8 Å². The summed E-state index contributed by atoms with van der Waals surface area (Å²) in [5.41, 5.74) is 2.22. The Morgan fingerprint density at radius 2 is 1.71 bits per heavy atom. The molecule has 0 aliphatic rings. The van der Waals surface area contributed by atoms with Crippen LogP contribution in [-0.4, -0.2) is 43.5 Å². The van der Waals surface area contributed by atoms with Gasteiger partial charge in [-0.3, -0.25) is 9.59 Å². The van der Waals surface area contributed by atoms with Crippen molar-refractivity contribution in [1.29, 1.82) is 0 Å². The fourth-order valence-electron chi connectivity index (χ4n) is 2.70. The average Bonchev–Trinajstić information content (AvgIpc) is 2.70. The van der Waals surface area contributed by atoms with E-state index in [1.54, 1.807) is 12.0 Å². The number of rotatable bonds is 10. The van der Waals surface area contributed by atoms with E-state index in [1.807, 2.05) is 55.5 Å². The third-order valence-corrected chi connectivity index (χ3v) is 4.43. The first-order chi connectivity index (χ1) is 13.5. The van der Waals surface area contributed by atoms with Gasteiger partial charge in [0.1, 0.15) is 18.1 Å². The molecule has 0 aromatic heterocycles. The average molecular weight is 384 g/mol. The Labute approximate surface area is 166 Å². The van der Waals surface area contributed by atoms with Crippen molar-refractivity contribution in [3.63, 3.8) is 0 Å². The van der Waals surface area contributed by atoms with Gasteiger partial charge >= 0.3 is 0 Å². The molecule has 6 heteroatoms. The summed E-state index contributed by atoms with van der Waals surface area (Å²) in [6, 6.07) is 15.2. The molecule has 0 aliphatic heterocycles. The minimum Gasteiger partial charge on any atom is -0.497 e. The Bertz CT molecular complexity index is 774. The summed E-state index contributed by atoms with van der Waals surface area (Å²) in [4.78, 5) is 25.7. The molecule has 0 unspecified atom stereocenters. The maximum Gasteiger partial charge on any atom is 0.221 e. The topological polar surface area (TPSA) is 67.9 Å². The number of aryl methyl sites for hydroxylation is 1. The summed E-state index contributed by atoms with van der Waals surface area (Å²) < 4.78 is 10.7. The van der Waals surface area contributed by atoms with Crippen molar-refractivity contribution >= 4 is 11.8 Å². The van der Waals surface area contributed by atoms with Gasteiger partial charge in [0.15, 0.2) is 0 Å². The van der Waals surface area contributed by atoms with E-state index in [0.29, 0.717) is 26.2 Å². The Hall–Kier alpha value is -3.02. The number of methoxy groups -OCH3 is 1. The van der Waals surface area contributed by atoms with Gasteiger partial charge in [0.2, 0.25) is 11.8 Å². The van der Waals surface area contributed by atoms with Crippen molar-refractivity contribution in [1.82, 2.24) is 10.2 Å². The minimum atomic E-state index is -0.102. The van der Waals surface area contributed by atoms with Gasteiger partial charge in [-0.25, -0.2) is 0 Å². The standard InChI is InChI=1S/C22H28N2O4/c1-17-6-4-5-7-19(17)16-24(18(2)25)14-12-22(26)23-13-15-28-21-10-8-20(27-3)9-11-21/h4-11H,12-16H2,1-3H3,(H,23,26). The normalized spacial score (nSPS) is 10.2. The van der Waals surface area contributed by atoms with Crippen molar-refractivity contribution in [3.8, 4) is 11.5 Å². The Morgan fingerprint density at radius 3 is 2.36 bits per heavy atom. The van der Waals surface area contributed by atoms with E-state index in [4.69, 9.17) is 9.47 Å². The van der Waals surface area contributed by atoms with Gasteiger partial charge in [0.25, 0.3) is 0 Å². The van der Waals surface area contributed by atoms with Crippen LogP contribution in [0, 0.1) is 6.92 Å². The van der Waals surface area contributed by atoms with Crippen LogP contribution in [0.5, 0.6) is 11.5 Å². The van der Waals surface area contributed by atoms with Crippen LogP contribution in [0.4, 0.5) is 0 Å². The quantitative estimate of drug-likeness (QED) is 0.640. The predicted octanol–water partition coefficient (Wildman–Crippen LogP) is 2.94. The number of hydrogen-bond acceptors (Lipinski definition) is 4. The number of amides is 2. The number of nitrogens with zero attached hydrogens (tertiary/aromatic N) is 1. The minimum absolute atomic E-state index is 0.0427. The smallest absolute Gasteiger partial charge is 0.221 e. The van der Waals surface area contributed by atoms with Crippen molar-refractivity contribution in [2.24, 2.45) is 0 Å². The van der Waals surface area contributed by atoms with E-state index in [2.05, 4.69) is 5.32 Å². The Morgan fingerprint density at radius 1 is 1.04 bits per heavy atom. The zero-order chi connectivity index (χ0) is 20.4. The highest BCUT2D eigenvalue weighted by molar-refractivity contribution is 5.78. The van der Waals surface area contributed by atoms with Gasteiger partial charge < -0.3 is 19.7 Å². The highest BCUT2D eigenvalue weighted by atomic mass is 16.5. The number of carbonyl (C=O) groups excluding carboxylic acids is 2. The van der Waals surface area contributed by atoms with E-state index in [9.17, 15) is 9.59 Å². The maximum atomic E-state index is 12.1. The molecular formula is C22H28N2O4. The molecule has 2 aromatic rings. The summed E-state index contributed by atoms with van der Waals surface area (Å²) >= 11 is 0. The summed E-state index contributed by atoms with van der Waals surface area (Å²) in [6.45, 7) is 5.22. The second kappa shape index (κ2) is 11.0. The summed E-state index contributed by atoms with van der Waals surface area (Å²) in [5.74, 6) is 1.34. The molecule has 0 aliphatic carbocycles. The van der Waals surface area contributed by atoms with E-state index in [1.165, 1.54) is 6.92 Å². The lowest BCUT2D eigenvalue weighted by Gasteiger charge is -2.22. The molecule has 0 atom stereocenters. The molecule has 0 saturated carbocycles. The molecule has 0 spiro atoms. The number of ether oxygens (including phenoxy) is 2. The predicted molar refractivity (Wildman–Crippen MR) is 108 cm³/mol. The van der Waals surface area contributed by atoms with Gasteiger partial charge in [-0.05, 0) is 42.3 Å². The van der Waals surface area contributed by atoms with Crippen molar-refractivity contribution < 1.29 is 19.1 Å². The zero-order valence-corrected chi connectivity index (χ0v) is 16.7. The molecule has 2 rings (SSSR count). The van der Waals surface area contributed by atoms with Crippen LogP contribution in [0.15, 0.2) is 48.5 Å². The van der Waals surface area contributed by atoms with E-state index < -0.39 is 0 Å². The number of nitrogens with one attached hydrogen (secondary N) is 1. The molecular weight excluding hydrogens is 356 g/mol. The Kier molecular flexibility index (Phi) is 8.34. The van der Waals surface area contributed by atoms with Crippen LogP contribution in [0.25, 0.3) is 0 Å². The number of benzene rings is 2. The highest BCUT2D eigenvalue weighted by Gasteiger charge is 2.12. The largest absolute Gasteiger partial charge is 0.497 e. The number of hydrogen-bond donors (Lipinski definition) is 1. The fourth-order valence-corrected chi connectivity index (χ4v) is 2.70. The van der Waals surface area contributed by atoms with Crippen LogP contribution in [0.2, 0.25) is 0 Å². The molecule has 2 aromatic carbocycles. The first-order valence-corrected chi connectivity index (χ1v) is 9.33. The van der Waals surface area contributed by atoms with Crippen LogP contribution >= 0.6 is 0 Å².